The van der Waals surface area contributed by atoms with Gasteiger partial charge in [-0.05, 0) is 17.7 Å². The summed E-state index contributed by atoms with van der Waals surface area (Å²) in [6.45, 7) is 7.60. The van der Waals surface area contributed by atoms with Gasteiger partial charge in [-0.3, -0.25) is 14.6 Å². The van der Waals surface area contributed by atoms with Crippen molar-refractivity contribution in [2.45, 2.75) is 6.54 Å². The van der Waals surface area contributed by atoms with Gasteiger partial charge >= 0.3 is 0 Å². The quantitative estimate of drug-likeness (QED) is 0.844. The molecule has 2 aliphatic rings. The zero-order valence-electron chi connectivity index (χ0n) is 13.6. The van der Waals surface area contributed by atoms with Crippen molar-refractivity contribution >= 4 is 23.4 Å². The first-order valence-corrected chi connectivity index (χ1v) is 9.57. The van der Waals surface area contributed by atoms with Gasteiger partial charge in [-0.15, -0.1) is 0 Å². The summed E-state index contributed by atoms with van der Waals surface area (Å²) >= 11 is 2.03. The summed E-state index contributed by atoms with van der Waals surface area (Å²) < 4.78 is 0. The van der Waals surface area contributed by atoms with Crippen LogP contribution in [0, 0.1) is 0 Å². The van der Waals surface area contributed by atoms with E-state index >= 15 is 0 Å². The van der Waals surface area contributed by atoms with Gasteiger partial charge in [-0.1, -0.05) is 12.1 Å². The molecule has 1 aromatic carbocycles. The van der Waals surface area contributed by atoms with Crippen molar-refractivity contribution in [1.82, 2.24) is 15.1 Å². The lowest BCUT2D eigenvalue weighted by Gasteiger charge is -2.27. The molecule has 3 rings (SSSR count). The van der Waals surface area contributed by atoms with Gasteiger partial charge in [0.1, 0.15) is 0 Å². The number of piperazine rings is 1. The van der Waals surface area contributed by atoms with Gasteiger partial charge in [0.15, 0.2) is 0 Å². The molecule has 6 heteroatoms. The number of nitrogens with one attached hydrogen (secondary N) is 2. The van der Waals surface area contributed by atoms with Crippen LogP contribution in [0.3, 0.4) is 0 Å². The topological polar surface area (TPSA) is 47.6 Å². The van der Waals surface area contributed by atoms with Gasteiger partial charge in [0.05, 0.1) is 6.54 Å². The first kappa shape index (κ1) is 16.8. The van der Waals surface area contributed by atoms with E-state index in [1.165, 1.54) is 17.1 Å². The van der Waals surface area contributed by atoms with Crippen LogP contribution in [0.5, 0.6) is 0 Å². The number of anilines is 1. The monoisotopic (exact) mass is 334 g/mol. The van der Waals surface area contributed by atoms with Crippen molar-refractivity contribution in [3.63, 3.8) is 0 Å². The maximum absolute atomic E-state index is 12.2. The molecule has 0 radical (unpaired) electrons. The van der Waals surface area contributed by atoms with Gasteiger partial charge < -0.3 is 10.6 Å². The van der Waals surface area contributed by atoms with E-state index in [0.29, 0.717) is 6.54 Å². The van der Waals surface area contributed by atoms with Crippen molar-refractivity contribution in [1.29, 1.82) is 0 Å². The van der Waals surface area contributed by atoms with Gasteiger partial charge in [-0.2, -0.15) is 11.8 Å². The van der Waals surface area contributed by atoms with Crippen molar-refractivity contribution in [3.05, 3.63) is 29.8 Å². The highest BCUT2D eigenvalue weighted by molar-refractivity contribution is 7.99. The summed E-state index contributed by atoms with van der Waals surface area (Å²) in [5.74, 6) is 2.53. The lowest BCUT2D eigenvalue weighted by molar-refractivity contribution is -0.117. The largest absolute Gasteiger partial charge is 0.325 e. The number of hydrogen-bond donors (Lipinski definition) is 2. The SMILES string of the molecule is O=C(CN1CCNCC1)Nc1cccc(CN2CCSCC2)c1. The second-order valence-electron chi connectivity index (χ2n) is 6.16. The van der Waals surface area contributed by atoms with Crippen molar-refractivity contribution < 1.29 is 4.79 Å². The summed E-state index contributed by atoms with van der Waals surface area (Å²) in [7, 11) is 0. The molecule has 0 saturated carbocycles. The zero-order valence-corrected chi connectivity index (χ0v) is 14.4. The van der Waals surface area contributed by atoms with Crippen LogP contribution in [-0.4, -0.2) is 73.0 Å². The Labute approximate surface area is 142 Å². The van der Waals surface area contributed by atoms with Crippen LogP contribution in [0.2, 0.25) is 0 Å². The number of thioether (sulfide) groups is 1. The van der Waals surface area contributed by atoms with Crippen LogP contribution in [0.4, 0.5) is 5.69 Å². The summed E-state index contributed by atoms with van der Waals surface area (Å²) in [6.07, 6.45) is 0. The normalized spacial score (nSPS) is 20.3. The predicted octanol–water partition coefficient (Wildman–Crippen LogP) is 1.08. The van der Waals surface area contributed by atoms with Crippen molar-refractivity contribution in [2.75, 3.05) is 62.6 Å². The molecule has 0 bridgehead atoms. The van der Waals surface area contributed by atoms with Crippen LogP contribution < -0.4 is 10.6 Å². The third-order valence-electron chi connectivity index (χ3n) is 4.30. The van der Waals surface area contributed by atoms with Gasteiger partial charge in [0, 0.05) is 63.0 Å². The van der Waals surface area contributed by atoms with Crippen LogP contribution in [0.1, 0.15) is 5.56 Å². The molecule has 2 N–H and O–H groups in total. The average molecular weight is 334 g/mol. The molecule has 0 unspecified atom stereocenters. The molecular weight excluding hydrogens is 308 g/mol. The van der Waals surface area contributed by atoms with E-state index in [2.05, 4.69) is 32.6 Å². The first-order valence-electron chi connectivity index (χ1n) is 8.41. The standard InChI is InChI=1S/C17H26N4OS/c22-17(14-20-6-4-18-5-7-20)19-16-3-1-2-15(12-16)13-21-8-10-23-11-9-21/h1-3,12,18H,4-11,13-14H2,(H,19,22). The minimum atomic E-state index is 0.0819. The predicted molar refractivity (Wildman–Crippen MR) is 97.0 cm³/mol. The Morgan fingerprint density at radius 3 is 2.70 bits per heavy atom. The fourth-order valence-corrected chi connectivity index (χ4v) is 4.02. The van der Waals surface area contributed by atoms with Crippen molar-refractivity contribution in [3.8, 4) is 0 Å². The molecule has 0 atom stereocenters. The molecule has 2 heterocycles. The second kappa shape index (κ2) is 8.68. The Kier molecular flexibility index (Phi) is 6.33. The number of rotatable bonds is 5. The van der Waals surface area contributed by atoms with E-state index in [4.69, 9.17) is 0 Å². The molecule has 0 aromatic heterocycles. The van der Waals surface area contributed by atoms with E-state index in [0.717, 1.165) is 51.5 Å². The number of carbonyl (C=O) groups is 1. The smallest absolute Gasteiger partial charge is 0.238 e. The highest BCUT2D eigenvalue weighted by Gasteiger charge is 2.14. The third kappa shape index (κ3) is 5.49. The number of hydrogen-bond acceptors (Lipinski definition) is 5. The zero-order chi connectivity index (χ0) is 15.9. The number of benzene rings is 1. The van der Waals surface area contributed by atoms with Gasteiger partial charge in [-0.25, -0.2) is 0 Å². The van der Waals surface area contributed by atoms with E-state index in [9.17, 15) is 4.79 Å². The molecular formula is C17H26N4OS. The van der Waals surface area contributed by atoms with Crippen LogP contribution in [-0.2, 0) is 11.3 Å². The highest BCUT2D eigenvalue weighted by Crippen LogP contribution is 2.16. The molecule has 0 aliphatic carbocycles. The molecule has 0 spiro atoms. The number of carbonyl (C=O) groups excluding carboxylic acids is 1. The van der Waals surface area contributed by atoms with E-state index < -0.39 is 0 Å². The molecule has 23 heavy (non-hydrogen) atoms. The Bertz CT molecular complexity index is 513. The van der Waals surface area contributed by atoms with Crippen LogP contribution in [0.15, 0.2) is 24.3 Å². The molecule has 1 aromatic rings. The molecule has 2 fully saturated rings. The van der Waals surface area contributed by atoms with E-state index in [-0.39, 0.29) is 5.91 Å². The summed E-state index contributed by atoms with van der Waals surface area (Å²) in [4.78, 5) is 16.9. The van der Waals surface area contributed by atoms with E-state index in [1.807, 2.05) is 23.9 Å². The average Bonchev–Trinajstić information content (AvgIpc) is 2.57. The Balaban J connectivity index is 1.50. The molecule has 1 amide bonds. The Hall–Kier alpha value is -1.08. The minimum Gasteiger partial charge on any atom is -0.325 e. The second-order valence-corrected chi connectivity index (χ2v) is 7.39. The van der Waals surface area contributed by atoms with Gasteiger partial charge in [0.2, 0.25) is 5.91 Å². The lowest BCUT2D eigenvalue weighted by atomic mass is 10.2. The first-order chi connectivity index (χ1) is 11.3. The third-order valence-corrected chi connectivity index (χ3v) is 5.24. The fourth-order valence-electron chi connectivity index (χ4n) is 3.04. The molecule has 5 nitrogen and oxygen atoms in total. The minimum absolute atomic E-state index is 0.0819. The van der Waals surface area contributed by atoms with Gasteiger partial charge in [0.25, 0.3) is 0 Å². The summed E-state index contributed by atoms with van der Waals surface area (Å²) in [6, 6.07) is 8.27. The number of amides is 1. The maximum Gasteiger partial charge on any atom is 0.238 e. The van der Waals surface area contributed by atoms with Crippen LogP contribution in [0.25, 0.3) is 0 Å². The molecule has 2 aliphatic heterocycles. The van der Waals surface area contributed by atoms with Crippen LogP contribution >= 0.6 is 11.8 Å². The lowest BCUT2D eigenvalue weighted by Crippen LogP contribution is -2.46. The Morgan fingerprint density at radius 2 is 1.91 bits per heavy atom. The molecule has 2 saturated heterocycles. The Morgan fingerprint density at radius 1 is 1.13 bits per heavy atom. The number of nitrogens with zero attached hydrogens (tertiary/aromatic N) is 2. The summed E-state index contributed by atoms with van der Waals surface area (Å²) in [5.41, 5.74) is 2.19. The highest BCUT2D eigenvalue weighted by atomic mass is 32.2. The maximum atomic E-state index is 12.2. The van der Waals surface area contributed by atoms with Crippen molar-refractivity contribution in [2.24, 2.45) is 0 Å². The van der Waals surface area contributed by atoms with E-state index in [1.54, 1.807) is 0 Å². The molecule has 126 valence electrons. The fraction of sp³-hybridized carbons (Fsp3) is 0.588. The summed E-state index contributed by atoms with van der Waals surface area (Å²) in [5, 5.41) is 6.35.